The SMILES string of the molecule is O=C(NCCNC(=O)N1CCSCC1)c1ccc(F)cc1. The normalized spacial score (nSPS) is 14.6. The number of hydrogen-bond donors (Lipinski definition) is 2. The Morgan fingerprint density at radius 2 is 1.71 bits per heavy atom. The van der Waals surface area contributed by atoms with Gasteiger partial charge >= 0.3 is 6.03 Å². The summed E-state index contributed by atoms with van der Waals surface area (Å²) in [5.41, 5.74) is 0.399. The van der Waals surface area contributed by atoms with Crippen molar-refractivity contribution in [2.45, 2.75) is 0 Å². The van der Waals surface area contributed by atoms with Gasteiger partial charge in [-0.2, -0.15) is 11.8 Å². The van der Waals surface area contributed by atoms with Gasteiger partial charge in [0.25, 0.3) is 5.91 Å². The number of thioether (sulfide) groups is 1. The number of hydrogen-bond acceptors (Lipinski definition) is 3. The summed E-state index contributed by atoms with van der Waals surface area (Å²) >= 11 is 1.84. The molecule has 0 unspecified atom stereocenters. The lowest BCUT2D eigenvalue weighted by molar-refractivity contribution is 0.0953. The van der Waals surface area contributed by atoms with Gasteiger partial charge in [-0.1, -0.05) is 0 Å². The van der Waals surface area contributed by atoms with Crippen LogP contribution < -0.4 is 10.6 Å². The largest absolute Gasteiger partial charge is 0.350 e. The number of benzene rings is 1. The molecule has 0 aromatic heterocycles. The predicted octanol–water partition coefficient (Wildman–Crippen LogP) is 1.31. The van der Waals surface area contributed by atoms with Crippen molar-refractivity contribution in [2.24, 2.45) is 0 Å². The van der Waals surface area contributed by atoms with Crippen molar-refractivity contribution in [3.05, 3.63) is 35.6 Å². The van der Waals surface area contributed by atoms with Crippen molar-refractivity contribution < 1.29 is 14.0 Å². The van der Waals surface area contributed by atoms with Crippen LogP contribution >= 0.6 is 11.8 Å². The Bertz CT molecular complexity index is 489. The first kappa shape index (κ1) is 15.6. The van der Waals surface area contributed by atoms with Crippen LogP contribution in [0, 0.1) is 5.82 Å². The molecule has 0 spiro atoms. The van der Waals surface area contributed by atoms with E-state index in [9.17, 15) is 14.0 Å². The maximum atomic E-state index is 12.7. The fraction of sp³-hybridized carbons (Fsp3) is 0.429. The number of halogens is 1. The van der Waals surface area contributed by atoms with Crippen LogP contribution in [-0.2, 0) is 0 Å². The first-order chi connectivity index (χ1) is 10.2. The molecule has 0 bridgehead atoms. The Hall–Kier alpha value is -1.76. The summed E-state index contributed by atoms with van der Waals surface area (Å²) in [6.07, 6.45) is 0. The van der Waals surface area contributed by atoms with E-state index in [0.29, 0.717) is 18.7 Å². The van der Waals surface area contributed by atoms with Crippen LogP contribution in [0.3, 0.4) is 0 Å². The van der Waals surface area contributed by atoms with Crippen molar-refractivity contribution in [3.8, 4) is 0 Å². The van der Waals surface area contributed by atoms with Gasteiger partial charge < -0.3 is 15.5 Å². The third-order valence-electron chi connectivity index (χ3n) is 3.09. The van der Waals surface area contributed by atoms with E-state index in [2.05, 4.69) is 10.6 Å². The molecule has 1 saturated heterocycles. The van der Waals surface area contributed by atoms with E-state index in [-0.39, 0.29) is 17.8 Å². The highest BCUT2D eigenvalue weighted by Gasteiger charge is 2.15. The lowest BCUT2D eigenvalue weighted by Crippen LogP contribution is -2.46. The molecule has 1 aliphatic rings. The zero-order valence-electron chi connectivity index (χ0n) is 11.6. The molecule has 21 heavy (non-hydrogen) atoms. The van der Waals surface area contributed by atoms with Crippen LogP contribution in [0.15, 0.2) is 24.3 Å². The van der Waals surface area contributed by atoms with Crippen molar-refractivity contribution in [1.29, 1.82) is 0 Å². The van der Waals surface area contributed by atoms with Crippen LogP contribution in [0.2, 0.25) is 0 Å². The average Bonchev–Trinajstić information content (AvgIpc) is 2.52. The molecular weight excluding hydrogens is 293 g/mol. The summed E-state index contributed by atoms with van der Waals surface area (Å²) in [7, 11) is 0. The van der Waals surface area contributed by atoms with Crippen molar-refractivity contribution >= 4 is 23.7 Å². The highest BCUT2D eigenvalue weighted by Crippen LogP contribution is 2.08. The summed E-state index contributed by atoms with van der Waals surface area (Å²) in [6, 6.07) is 5.24. The third-order valence-corrected chi connectivity index (χ3v) is 4.03. The molecule has 1 aliphatic heterocycles. The van der Waals surface area contributed by atoms with Gasteiger partial charge in [-0.3, -0.25) is 4.79 Å². The van der Waals surface area contributed by atoms with Gasteiger partial charge in [0.2, 0.25) is 0 Å². The van der Waals surface area contributed by atoms with E-state index in [1.165, 1.54) is 24.3 Å². The van der Waals surface area contributed by atoms with Crippen molar-refractivity contribution in [3.63, 3.8) is 0 Å². The number of carbonyl (C=O) groups excluding carboxylic acids is 2. The molecule has 2 N–H and O–H groups in total. The van der Waals surface area contributed by atoms with Crippen LogP contribution in [0.5, 0.6) is 0 Å². The quantitative estimate of drug-likeness (QED) is 0.824. The minimum Gasteiger partial charge on any atom is -0.350 e. The number of urea groups is 1. The van der Waals surface area contributed by atoms with Gasteiger partial charge in [-0.05, 0) is 24.3 Å². The number of nitrogens with zero attached hydrogens (tertiary/aromatic N) is 1. The summed E-state index contributed by atoms with van der Waals surface area (Å²) in [4.78, 5) is 25.3. The molecule has 1 aromatic rings. The summed E-state index contributed by atoms with van der Waals surface area (Å²) in [5, 5.41) is 5.45. The van der Waals surface area contributed by atoms with Gasteiger partial charge in [0.1, 0.15) is 5.82 Å². The standard InChI is InChI=1S/C14H18FN3O2S/c15-12-3-1-11(2-4-12)13(19)16-5-6-17-14(20)18-7-9-21-10-8-18/h1-4H,5-10H2,(H,16,19)(H,17,20). The lowest BCUT2D eigenvalue weighted by atomic mass is 10.2. The predicted molar refractivity (Wildman–Crippen MR) is 81.0 cm³/mol. The molecule has 1 fully saturated rings. The van der Waals surface area contributed by atoms with Crippen LogP contribution in [0.4, 0.5) is 9.18 Å². The third kappa shape index (κ3) is 4.93. The number of amides is 3. The van der Waals surface area contributed by atoms with E-state index < -0.39 is 0 Å². The molecule has 2 rings (SSSR count). The fourth-order valence-corrected chi connectivity index (χ4v) is 2.83. The van der Waals surface area contributed by atoms with Crippen LogP contribution in [0.1, 0.15) is 10.4 Å². The summed E-state index contributed by atoms with van der Waals surface area (Å²) < 4.78 is 12.7. The van der Waals surface area contributed by atoms with E-state index in [4.69, 9.17) is 0 Å². The maximum Gasteiger partial charge on any atom is 0.317 e. The van der Waals surface area contributed by atoms with Gasteiger partial charge in [-0.25, -0.2) is 9.18 Å². The first-order valence-corrected chi connectivity index (χ1v) is 7.96. The van der Waals surface area contributed by atoms with Crippen LogP contribution in [0.25, 0.3) is 0 Å². The van der Waals surface area contributed by atoms with Gasteiger partial charge in [0.15, 0.2) is 0 Å². The Morgan fingerprint density at radius 3 is 2.38 bits per heavy atom. The summed E-state index contributed by atoms with van der Waals surface area (Å²) in [5.74, 6) is 1.28. The fourth-order valence-electron chi connectivity index (χ4n) is 1.93. The molecule has 5 nitrogen and oxygen atoms in total. The number of rotatable bonds is 4. The zero-order valence-corrected chi connectivity index (χ0v) is 12.4. The second-order valence-electron chi connectivity index (χ2n) is 4.59. The van der Waals surface area contributed by atoms with Gasteiger partial charge in [0.05, 0.1) is 0 Å². The summed E-state index contributed by atoms with van der Waals surface area (Å²) in [6.45, 7) is 2.23. The molecule has 0 radical (unpaired) electrons. The molecule has 0 saturated carbocycles. The molecule has 3 amide bonds. The topological polar surface area (TPSA) is 61.4 Å². The Morgan fingerprint density at radius 1 is 1.10 bits per heavy atom. The average molecular weight is 311 g/mol. The highest BCUT2D eigenvalue weighted by atomic mass is 32.2. The van der Waals surface area contributed by atoms with Crippen molar-refractivity contribution in [1.82, 2.24) is 15.5 Å². The Balaban J connectivity index is 1.66. The molecule has 1 heterocycles. The lowest BCUT2D eigenvalue weighted by Gasteiger charge is -2.26. The Labute approximate surface area is 127 Å². The van der Waals surface area contributed by atoms with Crippen molar-refractivity contribution in [2.75, 3.05) is 37.7 Å². The smallest absolute Gasteiger partial charge is 0.317 e. The number of nitrogens with one attached hydrogen (secondary N) is 2. The molecular formula is C14H18FN3O2S. The minimum absolute atomic E-state index is 0.0914. The monoisotopic (exact) mass is 311 g/mol. The molecule has 1 aromatic carbocycles. The molecule has 114 valence electrons. The molecule has 0 aliphatic carbocycles. The van der Waals surface area contributed by atoms with E-state index in [1.807, 2.05) is 11.8 Å². The van der Waals surface area contributed by atoms with Gasteiger partial charge in [-0.15, -0.1) is 0 Å². The maximum absolute atomic E-state index is 12.7. The Kier molecular flexibility index (Phi) is 5.86. The second-order valence-corrected chi connectivity index (χ2v) is 5.82. The van der Waals surface area contributed by atoms with E-state index in [0.717, 1.165) is 24.6 Å². The van der Waals surface area contributed by atoms with Gasteiger partial charge in [0, 0.05) is 43.2 Å². The number of carbonyl (C=O) groups is 2. The van der Waals surface area contributed by atoms with E-state index >= 15 is 0 Å². The van der Waals surface area contributed by atoms with E-state index in [1.54, 1.807) is 4.90 Å². The zero-order chi connectivity index (χ0) is 15.1. The highest BCUT2D eigenvalue weighted by molar-refractivity contribution is 7.99. The molecule has 7 heteroatoms. The second kappa shape index (κ2) is 7.87. The van der Waals surface area contributed by atoms with Crippen LogP contribution in [-0.4, -0.2) is 54.5 Å². The first-order valence-electron chi connectivity index (χ1n) is 6.81. The molecule has 0 atom stereocenters. The minimum atomic E-state index is -0.376.